The van der Waals surface area contributed by atoms with E-state index >= 15 is 0 Å². The number of hydrogen-bond donors (Lipinski definition) is 3. The smallest absolute Gasteiger partial charge is 0.405 e. The third-order valence-corrected chi connectivity index (χ3v) is 1.60. The zero-order valence-electron chi connectivity index (χ0n) is 7.88. The van der Waals surface area contributed by atoms with E-state index in [9.17, 15) is 18.0 Å². The first-order chi connectivity index (χ1) is 7.29. The van der Waals surface area contributed by atoms with E-state index in [2.05, 4.69) is 4.98 Å². The van der Waals surface area contributed by atoms with Crippen molar-refractivity contribution in [3.8, 4) is 0 Å². The van der Waals surface area contributed by atoms with Crippen molar-refractivity contribution in [3.05, 3.63) is 17.8 Å². The normalized spacial score (nSPS) is 11.2. The van der Waals surface area contributed by atoms with Gasteiger partial charge in [0.15, 0.2) is 0 Å². The summed E-state index contributed by atoms with van der Waals surface area (Å²) in [4.78, 5) is 14.2. The lowest BCUT2D eigenvalue weighted by molar-refractivity contribution is -0.115. The van der Waals surface area contributed by atoms with Gasteiger partial charge in [-0.3, -0.25) is 0 Å². The minimum absolute atomic E-state index is 0.0648. The SMILES string of the molecule is Nc1cnc(NCC(F)(F)F)c(C(=O)O)c1. The van der Waals surface area contributed by atoms with E-state index in [-0.39, 0.29) is 11.5 Å². The van der Waals surface area contributed by atoms with Crippen molar-refractivity contribution >= 4 is 17.5 Å². The molecule has 88 valence electrons. The Balaban J connectivity index is 2.91. The Morgan fingerprint density at radius 2 is 2.19 bits per heavy atom. The van der Waals surface area contributed by atoms with E-state index in [4.69, 9.17) is 10.8 Å². The molecule has 0 saturated heterocycles. The predicted molar refractivity (Wildman–Crippen MR) is 50.2 cm³/mol. The number of nitrogen functional groups attached to an aromatic ring is 1. The maximum absolute atomic E-state index is 11.9. The summed E-state index contributed by atoms with van der Waals surface area (Å²) in [7, 11) is 0. The second-order valence-corrected chi connectivity index (χ2v) is 2.94. The summed E-state index contributed by atoms with van der Waals surface area (Å²) in [6, 6.07) is 1.04. The molecule has 1 aromatic rings. The lowest BCUT2D eigenvalue weighted by atomic mass is 10.2. The van der Waals surface area contributed by atoms with Gasteiger partial charge in [-0.2, -0.15) is 13.2 Å². The first-order valence-electron chi connectivity index (χ1n) is 4.09. The molecule has 0 unspecified atom stereocenters. The molecule has 0 aromatic carbocycles. The standard InChI is InChI=1S/C8H8F3N3O2/c9-8(10,11)3-14-6-5(7(15)16)1-4(12)2-13-6/h1-2H,3,12H2,(H,13,14)(H,15,16). The molecule has 0 saturated carbocycles. The minimum Gasteiger partial charge on any atom is -0.478 e. The Morgan fingerprint density at radius 1 is 1.56 bits per heavy atom. The second kappa shape index (κ2) is 4.25. The van der Waals surface area contributed by atoms with Crippen LogP contribution in [0.4, 0.5) is 24.7 Å². The van der Waals surface area contributed by atoms with Crippen LogP contribution in [0.1, 0.15) is 10.4 Å². The number of carbonyl (C=O) groups is 1. The highest BCUT2D eigenvalue weighted by atomic mass is 19.4. The molecule has 1 heterocycles. The van der Waals surface area contributed by atoms with E-state index in [1.165, 1.54) is 0 Å². The van der Waals surface area contributed by atoms with Crippen LogP contribution in [0.2, 0.25) is 0 Å². The number of halogens is 3. The molecule has 0 amide bonds. The largest absolute Gasteiger partial charge is 0.478 e. The number of nitrogens with zero attached hydrogens (tertiary/aromatic N) is 1. The number of alkyl halides is 3. The highest BCUT2D eigenvalue weighted by Crippen LogP contribution is 2.19. The average Bonchev–Trinajstić information content (AvgIpc) is 2.14. The first-order valence-corrected chi connectivity index (χ1v) is 4.09. The molecule has 5 nitrogen and oxygen atoms in total. The van der Waals surface area contributed by atoms with Crippen molar-refractivity contribution < 1.29 is 23.1 Å². The highest BCUT2D eigenvalue weighted by Gasteiger charge is 2.27. The molecule has 16 heavy (non-hydrogen) atoms. The van der Waals surface area contributed by atoms with E-state index in [0.29, 0.717) is 0 Å². The van der Waals surface area contributed by atoms with Gasteiger partial charge < -0.3 is 16.2 Å². The fraction of sp³-hybridized carbons (Fsp3) is 0.250. The zero-order chi connectivity index (χ0) is 12.3. The molecule has 0 spiro atoms. The average molecular weight is 235 g/mol. The summed E-state index contributed by atoms with van der Waals surface area (Å²) >= 11 is 0. The zero-order valence-corrected chi connectivity index (χ0v) is 7.88. The maximum Gasteiger partial charge on any atom is 0.405 e. The third kappa shape index (κ3) is 3.30. The molecule has 0 bridgehead atoms. The highest BCUT2D eigenvalue weighted by molar-refractivity contribution is 5.94. The number of nitrogens with one attached hydrogen (secondary N) is 1. The number of aromatic carboxylic acids is 1. The van der Waals surface area contributed by atoms with Gasteiger partial charge in [0.1, 0.15) is 17.9 Å². The van der Waals surface area contributed by atoms with Gasteiger partial charge in [-0.15, -0.1) is 0 Å². The van der Waals surface area contributed by atoms with Crippen molar-refractivity contribution in [2.45, 2.75) is 6.18 Å². The third-order valence-electron chi connectivity index (χ3n) is 1.60. The maximum atomic E-state index is 11.9. The lowest BCUT2D eigenvalue weighted by Gasteiger charge is -2.10. The monoisotopic (exact) mass is 235 g/mol. The minimum atomic E-state index is -4.45. The number of rotatable bonds is 3. The van der Waals surface area contributed by atoms with Crippen LogP contribution in [0.5, 0.6) is 0 Å². The number of hydrogen-bond acceptors (Lipinski definition) is 4. The van der Waals surface area contributed by atoms with Crippen LogP contribution in [-0.2, 0) is 0 Å². The second-order valence-electron chi connectivity index (χ2n) is 2.94. The summed E-state index contributed by atoms with van der Waals surface area (Å²) in [5.74, 6) is -1.76. The van der Waals surface area contributed by atoms with Gasteiger partial charge in [-0.1, -0.05) is 0 Å². The first kappa shape index (κ1) is 12.1. The van der Waals surface area contributed by atoms with Crippen LogP contribution < -0.4 is 11.1 Å². The van der Waals surface area contributed by atoms with Crippen LogP contribution in [0.25, 0.3) is 0 Å². The summed E-state index contributed by atoms with van der Waals surface area (Å²) in [6.45, 7) is -1.36. The molecule has 0 atom stereocenters. The van der Waals surface area contributed by atoms with Crippen molar-refractivity contribution in [2.75, 3.05) is 17.6 Å². The molecule has 4 N–H and O–H groups in total. The van der Waals surface area contributed by atoms with Crippen LogP contribution in [-0.4, -0.2) is 28.8 Å². The van der Waals surface area contributed by atoms with Crippen LogP contribution in [0.3, 0.4) is 0 Å². The molecule has 0 aliphatic rings. The molecule has 1 aromatic heterocycles. The summed E-state index contributed by atoms with van der Waals surface area (Å²) in [5, 5.41) is 10.6. The van der Waals surface area contributed by atoms with E-state index < -0.39 is 24.3 Å². The molecule has 0 aliphatic heterocycles. The topological polar surface area (TPSA) is 88.2 Å². The molecule has 0 fully saturated rings. The molecule has 8 heteroatoms. The van der Waals surface area contributed by atoms with E-state index in [1.54, 1.807) is 0 Å². The summed E-state index contributed by atoms with van der Waals surface area (Å²) in [5.41, 5.74) is 4.94. The van der Waals surface area contributed by atoms with Crippen molar-refractivity contribution in [1.29, 1.82) is 0 Å². The van der Waals surface area contributed by atoms with Gasteiger partial charge >= 0.3 is 12.1 Å². The van der Waals surface area contributed by atoms with Gasteiger partial charge in [-0.05, 0) is 6.07 Å². The van der Waals surface area contributed by atoms with E-state index in [1.807, 2.05) is 5.32 Å². The predicted octanol–water partition coefficient (Wildman–Crippen LogP) is 1.34. The number of aromatic nitrogens is 1. The van der Waals surface area contributed by atoms with Gasteiger partial charge in [-0.25, -0.2) is 9.78 Å². The summed E-state index contributed by atoms with van der Waals surface area (Å²) in [6.07, 6.45) is -3.37. The number of carboxylic acids is 1. The molecular formula is C8H8F3N3O2. The Bertz CT molecular complexity index is 406. The van der Waals surface area contributed by atoms with E-state index in [0.717, 1.165) is 12.3 Å². The van der Waals surface area contributed by atoms with Gasteiger partial charge in [0.05, 0.1) is 11.9 Å². The van der Waals surface area contributed by atoms with Gasteiger partial charge in [0.25, 0.3) is 0 Å². The summed E-state index contributed by atoms with van der Waals surface area (Å²) < 4.78 is 35.7. The Hall–Kier alpha value is -1.99. The fourth-order valence-electron chi connectivity index (χ4n) is 0.969. The van der Waals surface area contributed by atoms with Crippen molar-refractivity contribution in [2.24, 2.45) is 0 Å². The number of pyridine rings is 1. The van der Waals surface area contributed by atoms with Crippen molar-refractivity contribution in [1.82, 2.24) is 4.98 Å². The lowest BCUT2D eigenvalue weighted by Crippen LogP contribution is -2.23. The number of nitrogens with two attached hydrogens (primary N) is 1. The Kier molecular flexibility index (Phi) is 3.21. The van der Waals surface area contributed by atoms with Gasteiger partial charge in [0, 0.05) is 0 Å². The van der Waals surface area contributed by atoms with Crippen LogP contribution in [0, 0.1) is 0 Å². The molecular weight excluding hydrogens is 227 g/mol. The molecule has 1 rings (SSSR count). The van der Waals surface area contributed by atoms with Crippen molar-refractivity contribution in [3.63, 3.8) is 0 Å². The van der Waals surface area contributed by atoms with Crippen LogP contribution >= 0.6 is 0 Å². The Labute approximate surface area is 88.1 Å². The molecule has 0 radical (unpaired) electrons. The number of carboxylic acid groups (broad SMARTS) is 1. The Morgan fingerprint density at radius 3 is 2.69 bits per heavy atom. The van der Waals surface area contributed by atoms with Crippen LogP contribution in [0.15, 0.2) is 12.3 Å². The molecule has 0 aliphatic carbocycles. The van der Waals surface area contributed by atoms with Gasteiger partial charge in [0.2, 0.25) is 0 Å². The quantitative estimate of drug-likeness (QED) is 0.735. The number of anilines is 2. The fourth-order valence-corrected chi connectivity index (χ4v) is 0.969.